The van der Waals surface area contributed by atoms with Crippen LogP contribution in [0.15, 0.2) is 36.5 Å². The van der Waals surface area contributed by atoms with E-state index in [0.29, 0.717) is 17.4 Å². The lowest BCUT2D eigenvalue weighted by Crippen LogP contribution is -2.47. The van der Waals surface area contributed by atoms with Crippen LogP contribution < -0.4 is 10.2 Å². The number of likely N-dealkylation sites (N-methyl/N-ethyl adjacent to an activating group) is 1. The van der Waals surface area contributed by atoms with E-state index in [0.717, 1.165) is 64.2 Å². The zero-order valence-corrected chi connectivity index (χ0v) is 55.7. The van der Waals surface area contributed by atoms with Crippen molar-refractivity contribution in [2.24, 2.45) is 0 Å². The first-order chi connectivity index (χ1) is 39.4. The number of esters is 1. The van der Waals surface area contributed by atoms with E-state index in [2.05, 4.69) is 50.4 Å². The van der Waals surface area contributed by atoms with Crippen LogP contribution in [-0.4, -0.2) is 69.4 Å². The van der Waals surface area contributed by atoms with Gasteiger partial charge in [-0.15, -0.1) is 0 Å². The highest BCUT2D eigenvalue weighted by Crippen LogP contribution is 2.38. The predicted molar refractivity (Wildman–Crippen MR) is 349 cm³/mol. The topological polar surface area (TPSA) is 114 Å². The molecule has 0 saturated carbocycles. The minimum atomic E-state index is -4.70. The normalized spacial score (nSPS) is 13.7. The summed E-state index contributed by atoms with van der Waals surface area (Å²) in [5.74, 6) is -0.523. The van der Waals surface area contributed by atoms with Crippen molar-refractivity contribution in [2.75, 3.05) is 40.9 Å². The lowest BCUT2D eigenvalue weighted by Gasteiger charge is -2.30. The van der Waals surface area contributed by atoms with Gasteiger partial charge in [-0.05, 0) is 63.9 Å². The molecule has 3 atom stereocenters. The van der Waals surface area contributed by atoms with Gasteiger partial charge < -0.3 is 28.5 Å². The Morgan fingerprint density at radius 3 is 1.14 bits per heavy atom. The highest BCUT2D eigenvalue weighted by Gasteiger charge is 2.27. The number of quaternary nitrogens is 1. The fourth-order valence-corrected chi connectivity index (χ4v) is 11.3. The number of rotatable bonds is 65. The fourth-order valence-electron chi connectivity index (χ4n) is 10.6. The Kier molecular flexibility index (Phi) is 60.0. The molecule has 0 aliphatic rings. The van der Waals surface area contributed by atoms with E-state index in [1.807, 2.05) is 33.3 Å². The minimum Gasteiger partial charge on any atom is -0.756 e. The van der Waals surface area contributed by atoms with Crippen LogP contribution in [0.3, 0.4) is 0 Å². The first-order valence-corrected chi connectivity index (χ1v) is 36.8. The highest BCUT2D eigenvalue weighted by atomic mass is 31.2. The number of allylic oxidation sites excluding steroid dienone is 5. The van der Waals surface area contributed by atoms with Crippen molar-refractivity contribution < 1.29 is 37.3 Å². The summed E-state index contributed by atoms with van der Waals surface area (Å²) in [5, 5.41) is 3.05. The Morgan fingerprint density at radius 1 is 0.432 bits per heavy atom. The van der Waals surface area contributed by atoms with Crippen molar-refractivity contribution in [1.82, 2.24) is 5.32 Å². The van der Waals surface area contributed by atoms with E-state index in [4.69, 9.17) is 13.8 Å². The standard InChI is InChI=1S/C71H137N2O7P/c1-7-10-13-16-19-22-25-27-29-31-33-35-36-38-39-41-43-45-48-51-54-57-60-63-70(74)72-68(67-79-81(76,77)78-66-65-73(4,5)6)69(62-59-56-53-50-47-24-21-18-15-12-9-3)80-71(75)64-61-58-55-52-49-46-44-42-40-37-34-32-30-28-26-23-20-17-14-11-8-2/h19,22,27,29,59,62,68-69H,7-18,20-21,23-26,28,30-58,60-61,63-67H2,1-6H3,(H-,72,74,76,77)/b22-19-,29-27-,62-59+. The second-order valence-corrected chi connectivity index (χ2v) is 26.8. The van der Waals surface area contributed by atoms with Crippen LogP contribution in [0.25, 0.3) is 0 Å². The number of nitrogens with zero attached hydrogens (tertiary/aromatic N) is 1. The van der Waals surface area contributed by atoms with Gasteiger partial charge in [-0.2, -0.15) is 0 Å². The molecule has 3 unspecified atom stereocenters. The number of unbranched alkanes of at least 4 members (excludes halogenated alkanes) is 45. The summed E-state index contributed by atoms with van der Waals surface area (Å²) in [6.07, 6.45) is 75.5. The van der Waals surface area contributed by atoms with E-state index >= 15 is 0 Å². The van der Waals surface area contributed by atoms with E-state index in [1.54, 1.807) is 0 Å². The maximum Gasteiger partial charge on any atom is 0.306 e. The van der Waals surface area contributed by atoms with Crippen molar-refractivity contribution >= 4 is 19.7 Å². The van der Waals surface area contributed by atoms with E-state index in [9.17, 15) is 19.0 Å². The largest absolute Gasteiger partial charge is 0.756 e. The molecule has 0 aromatic heterocycles. The number of phosphoric ester groups is 1. The molecule has 0 spiro atoms. The molecule has 10 heteroatoms. The number of amides is 1. The van der Waals surface area contributed by atoms with Crippen molar-refractivity contribution in [1.29, 1.82) is 0 Å². The minimum absolute atomic E-state index is 0.0195. The van der Waals surface area contributed by atoms with E-state index in [-0.39, 0.29) is 31.5 Å². The van der Waals surface area contributed by atoms with E-state index in [1.165, 1.54) is 257 Å². The van der Waals surface area contributed by atoms with Gasteiger partial charge in [0.1, 0.15) is 19.3 Å². The van der Waals surface area contributed by atoms with Crippen LogP contribution in [-0.2, 0) is 27.9 Å². The summed E-state index contributed by atoms with van der Waals surface area (Å²) in [4.78, 5) is 40.1. The Balaban J connectivity index is 5.01. The second kappa shape index (κ2) is 61.3. The second-order valence-electron chi connectivity index (χ2n) is 25.4. The first-order valence-electron chi connectivity index (χ1n) is 35.3. The number of hydrogen-bond acceptors (Lipinski definition) is 7. The molecule has 0 aromatic carbocycles. The summed E-state index contributed by atoms with van der Waals surface area (Å²) in [7, 11) is 1.20. The lowest BCUT2D eigenvalue weighted by atomic mass is 10.0. The van der Waals surface area contributed by atoms with Crippen molar-refractivity contribution in [2.45, 2.75) is 367 Å². The third-order valence-electron chi connectivity index (χ3n) is 16.1. The molecule has 478 valence electrons. The van der Waals surface area contributed by atoms with Crippen molar-refractivity contribution in [3.05, 3.63) is 36.5 Å². The summed E-state index contributed by atoms with van der Waals surface area (Å²) >= 11 is 0. The molecule has 1 amide bonds. The molecule has 0 fully saturated rings. The number of carbonyl (C=O) groups is 2. The molecule has 0 saturated heterocycles. The van der Waals surface area contributed by atoms with Gasteiger partial charge in [0, 0.05) is 12.8 Å². The molecular weight excluding hydrogens is 1020 g/mol. The van der Waals surface area contributed by atoms with E-state index < -0.39 is 20.0 Å². The predicted octanol–water partition coefficient (Wildman–Crippen LogP) is 21.6. The molecule has 1 N–H and O–H groups in total. The van der Waals surface area contributed by atoms with Gasteiger partial charge in [0.25, 0.3) is 7.82 Å². The lowest BCUT2D eigenvalue weighted by molar-refractivity contribution is -0.870. The molecule has 0 aliphatic carbocycles. The van der Waals surface area contributed by atoms with Crippen LogP contribution in [0.5, 0.6) is 0 Å². The summed E-state index contributed by atoms with van der Waals surface area (Å²) < 4.78 is 30.4. The van der Waals surface area contributed by atoms with Crippen LogP contribution in [0.4, 0.5) is 0 Å². The number of phosphoric acid groups is 1. The number of ether oxygens (including phenoxy) is 1. The molecule has 0 radical (unpaired) electrons. The maximum atomic E-state index is 13.6. The molecule has 81 heavy (non-hydrogen) atoms. The van der Waals surface area contributed by atoms with Gasteiger partial charge in [0.05, 0.1) is 33.8 Å². The smallest absolute Gasteiger partial charge is 0.306 e. The fraction of sp³-hybridized carbons (Fsp3) is 0.887. The third-order valence-corrected chi connectivity index (χ3v) is 17.0. The molecule has 9 nitrogen and oxygen atoms in total. The average molecular weight is 1160 g/mol. The van der Waals surface area contributed by atoms with Crippen molar-refractivity contribution in [3.63, 3.8) is 0 Å². The van der Waals surface area contributed by atoms with Crippen LogP contribution >= 0.6 is 7.82 Å². The quantitative estimate of drug-likeness (QED) is 0.0212. The van der Waals surface area contributed by atoms with Gasteiger partial charge in [-0.1, -0.05) is 314 Å². The third kappa shape index (κ3) is 62.6. The number of hydrogen-bond donors (Lipinski definition) is 1. The average Bonchev–Trinajstić information content (AvgIpc) is 3.43. The summed E-state index contributed by atoms with van der Waals surface area (Å²) in [6, 6.07) is -0.885. The SMILES string of the molecule is CCCCC/C=C\C/C=C\CCCCCCCCCCCCCCCC(=O)NC(COP(=O)([O-])OCC[N+](C)(C)C)C(/C=C/CCCCCCCCCCC)OC(=O)CCCCCCCCCCCCCCCCCCCCCCC. The highest BCUT2D eigenvalue weighted by molar-refractivity contribution is 7.45. The Morgan fingerprint density at radius 2 is 0.753 bits per heavy atom. The summed E-state index contributed by atoms with van der Waals surface area (Å²) in [6.45, 7) is 6.87. The zero-order chi connectivity index (χ0) is 59.3. The van der Waals surface area contributed by atoms with Gasteiger partial charge in [0.15, 0.2) is 0 Å². The zero-order valence-electron chi connectivity index (χ0n) is 54.8. The molecule has 0 aromatic rings. The van der Waals surface area contributed by atoms with Crippen LogP contribution in [0.1, 0.15) is 355 Å². The summed E-state index contributed by atoms with van der Waals surface area (Å²) in [5.41, 5.74) is 0. The number of nitrogens with one attached hydrogen (secondary N) is 1. The molecule has 0 bridgehead atoms. The molecule has 0 rings (SSSR count). The van der Waals surface area contributed by atoms with Crippen molar-refractivity contribution in [3.8, 4) is 0 Å². The maximum absolute atomic E-state index is 13.6. The monoisotopic (exact) mass is 1160 g/mol. The molecule has 0 aliphatic heterocycles. The number of carbonyl (C=O) groups excluding carboxylic acids is 2. The molecule has 0 heterocycles. The Labute approximate surface area is 504 Å². The van der Waals surface area contributed by atoms with Gasteiger partial charge in [-0.3, -0.25) is 14.2 Å². The van der Waals surface area contributed by atoms with Gasteiger partial charge in [-0.25, -0.2) is 0 Å². The molecular formula is C71H137N2O7P. The van der Waals surface area contributed by atoms with Gasteiger partial charge in [0.2, 0.25) is 5.91 Å². The first kappa shape index (κ1) is 79.2. The van der Waals surface area contributed by atoms with Gasteiger partial charge >= 0.3 is 5.97 Å². The van der Waals surface area contributed by atoms with Crippen LogP contribution in [0.2, 0.25) is 0 Å². The Hall–Kier alpha value is -1.77. The Bertz CT molecular complexity index is 1480. The van der Waals surface area contributed by atoms with Crippen LogP contribution in [0, 0.1) is 0 Å².